The van der Waals surface area contributed by atoms with Crippen molar-refractivity contribution in [1.82, 2.24) is 10.3 Å². The summed E-state index contributed by atoms with van der Waals surface area (Å²) in [6.45, 7) is 6.34. The van der Waals surface area contributed by atoms with Crippen molar-refractivity contribution in [3.8, 4) is 5.19 Å². The highest BCUT2D eigenvalue weighted by atomic mass is 32.1. The Morgan fingerprint density at radius 3 is 2.75 bits per heavy atom. The van der Waals surface area contributed by atoms with Crippen LogP contribution in [0.15, 0.2) is 0 Å². The maximum atomic E-state index is 14.9. The summed E-state index contributed by atoms with van der Waals surface area (Å²) >= 11 is 1.24. The number of hydrogen-bond donors (Lipinski definition) is 1. The number of thiazole rings is 1. The summed E-state index contributed by atoms with van der Waals surface area (Å²) in [5, 5.41) is 3.99. The molecule has 0 bridgehead atoms. The van der Waals surface area contributed by atoms with Gasteiger partial charge in [0, 0.05) is 19.4 Å². The van der Waals surface area contributed by atoms with Gasteiger partial charge in [0.1, 0.15) is 11.9 Å². The number of hydrogen-bond acceptors (Lipinski definition) is 6. The van der Waals surface area contributed by atoms with E-state index in [2.05, 4.69) is 10.3 Å². The number of halogens is 1. The first-order valence-corrected chi connectivity index (χ1v) is 10.8. The Labute approximate surface area is 168 Å². The molecule has 8 heteroatoms. The van der Waals surface area contributed by atoms with Crippen molar-refractivity contribution in [3.63, 3.8) is 0 Å². The lowest BCUT2D eigenvalue weighted by Gasteiger charge is -2.31. The summed E-state index contributed by atoms with van der Waals surface area (Å²) in [7, 11) is 0. The minimum atomic E-state index is -0.537. The molecule has 2 atom stereocenters. The lowest BCUT2D eigenvalue weighted by Crippen LogP contribution is -2.38. The topological polar surface area (TPSA) is 69.7 Å². The predicted molar refractivity (Wildman–Crippen MR) is 106 cm³/mol. The Hall–Kier alpha value is -1.51. The maximum Gasteiger partial charge on any atom is 0.274 e. The Morgan fingerprint density at radius 1 is 1.36 bits per heavy atom. The Morgan fingerprint density at radius 2 is 2.07 bits per heavy atom. The summed E-state index contributed by atoms with van der Waals surface area (Å²) in [4.78, 5) is 15.4. The van der Waals surface area contributed by atoms with Crippen LogP contribution in [-0.4, -0.2) is 48.5 Å². The molecule has 28 heavy (non-hydrogen) atoms. The second-order valence-corrected chi connectivity index (χ2v) is 8.33. The van der Waals surface area contributed by atoms with E-state index in [1.165, 1.54) is 18.3 Å². The molecule has 0 spiro atoms. The summed E-state index contributed by atoms with van der Waals surface area (Å²) in [5.41, 5.74) is 0. The first-order valence-electron chi connectivity index (χ1n) is 10.00. The van der Waals surface area contributed by atoms with Crippen LogP contribution in [0.3, 0.4) is 0 Å². The summed E-state index contributed by atoms with van der Waals surface area (Å²) in [5.74, 6) is -0.281. The first kappa shape index (κ1) is 21.2. The van der Waals surface area contributed by atoms with E-state index in [0.717, 1.165) is 25.7 Å². The number of nitrogens with one attached hydrogen (secondary N) is 1. The molecular formula is C20H29FN2O4S. The van der Waals surface area contributed by atoms with E-state index in [4.69, 9.17) is 14.2 Å². The number of rotatable bonds is 8. The molecular weight excluding hydrogens is 383 g/mol. The molecule has 2 unspecified atom stereocenters. The van der Waals surface area contributed by atoms with Crippen molar-refractivity contribution in [1.29, 1.82) is 0 Å². The van der Waals surface area contributed by atoms with Crippen LogP contribution in [0.25, 0.3) is 11.9 Å². The van der Waals surface area contributed by atoms with Gasteiger partial charge in [0.25, 0.3) is 5.19 Å². The van der Waals surface area contributed by atoms with Crippen LogP contribution in [0.5, 0.6) is 5.19 Å². The third-order valence-corrected chi connectivity index (χ3v) is 5.93. The number of ether oxygens (including phenoxy) is 3. The molecule has 1 aromatic rings. The van der Waals surface area contributed by atoms with E-state index in [-0.39, 0.29) is 30.0 Å². The molecule has 0 aromatic carbocycles. The Kier molecular flexibility index (Phi) is 7.42. The van der Waals surface area contributed by atoms with Crippen LogP contribution >= 0.6 is 11.3 Å². The minimum Gasteiger partial charge on any atom is -0.470 e. The molecule has 0 radical (unpaired) electrons. The highest BCUT2D eigenvalue weighted by Crippen LogP contribution is 2.28. The molecule has 1 heterocycles. The van der Waals surface area contributed by atoms with Gasteiger partial charge in [-0.3, -0.25) is 4.79 Å². The van der Waals surface area contributed by atoms with Gasteiger partial charge in [-0.1, -0.05) is 17.4 Å². The monoisotopic (exact) mass is 412 g/mol. The second kappa shape index (κ2) is 9.80. The van der Waals surface area contributed by atoms with E-state index in [0.29, 0.717) is 34.7 Å². The van der Waals surface area contributed by atoms with Crippen LogP contribution < -0.4 is 19.9 Å². The second-order valence-electron chi connectivity index (χ2n) is 7.37. The highest BCUT2D eigenvalue weighted by molar-refractivity contribution is 7.11. The number of fused-ring (bicyclic) bond motifs is 1. The molecule has 1 saturated carbocycles. The third kappa shape index (κ3) is 5.52. The van der Waals surface area contributed by atoms with E-state index in [1.807, 2.05) is 19.9 Å². The van der Waals surface area contributed by atoms with Gasteiger partial charge in [-0.25, -0.2) is 9.37 Å². The first-order chi connectivity index (χ1) is 13.5. The Bertz CT molecular complexity index is 789. The van der Waals surface area contributed by atoms with Gasteiger partial charge in [-0.15, -0.1) is 0 Å². The quantitative estimate of drug-likeness (QED) is 0.708. The molecule has 1 fully saturated rings. The van der Waals surface area contributed by atoms with E-state index in [9.17, 15) is 9.18 Å². The van der Waals surface area contributed by atoms with Crippen molar-refractivity contribution in [3.05, 3.63) is 9.88 Å². The molecule has 6 nitrogen and oxygen atoms in total. The zero-order valence-corrected chi connectivity index (χ0v) is 17.5. The fourth-order valence-electron chi connectivity index (χ4n) is 3.63. The van der Waals surface area contributed by atoms with Crippen LogP contribution in [0, 0.1) is 0 Å². The van der Waals surface area contributed by atoms with E-state index < -0.39 is 6.10 Å². The SMILES string of the molecule is CCOc1nc2c(s1)=C(F)C(OC1CCC(OCC(C)NC(C)=O)CC1)CC=2. The summed E-state index contributed by atoms with van der Waals surface area (Å²) in [6.07, 6.45) is 5.57. The lowest BCUT2D eigenvalue weighted by molar-refractivity contribution is -0.120. The van der Waals surface area contributed by atoms with Gasteiger partial charge in [0.2, 0.25) is 5.91 Å². The zero-order chi connectivity index (χ0) is 20.1. The molecule has 1 N–H and O–H groups in total. The summed E-state index contributed by atoms with van der Waals surface area (Å²) in [6, 6.07) is 0.00289. The molecule has 1 amide bonds. The molecule has 2 aliphatic carbocycles. The average Bonchev–Trinajstić information content (AvgIpc) is 3.07. The predicted octanol–water partition coefficient (Wildman–Crippen LogP) is 2.04. The van der Waals surface area contributed by atoms with Crippen LogP contribution in [0.4, 0.5) is 4.39 Å². The Balaban J connectivity index is 1.48. The van der Waals surface area contributed by atoms with Crippen molar-refractivity contribution in [2.75, 3.05) is 13.2 Å². The molecule has 1 aromatic heterocycles. The van der Waals surface area contributed by atoms with Crippen LogP contribution in [-0.2, 0) is 14.3 Å². The number of carbonyl (C=O) groups is 1. The normalized spacial score (nSPS) is 25.6. The standard InChI is InChI=1S/C20H29FN2O4S/c1-4-25-20-23-16-9-10-17(18(21)19(16)28-20)27-15-7-5-14(6-8-15)26-11-12(2)22-13(3)24/h9,12,14-15,17H,4-8,10-11H2,1-3H3,(H,22,24). The van der Waals surface area contributed by atoms with Crippen molar-refractivity contribution in [2.24, 2.45) is 0 Å². The average molecular weight is 413 g/mol. The molecule has 2 aliphatic rings. The zero-order valence-electron chi connectivity index (χ0n) is 16.7. The van der Waals surface area contributed by atoms with Crippen molar-refractivity contribution < 1.29 is 23.4 Å². The number of nitrogens with zero attached hydrogens (tertiary/aromatic N) is 1. The molecule has 156 valence electrons. The lowest BCUT2D eigenvalue weighted by atomic mass is 9.94. The van der Waals surface area contributed by atoms with E-state index in [1.54, 1.807) is 0 Å². The maximum absolute atomic E-state index is 14.9. The molecule has 3 rings (SSSR count). The smallest absolute Gasteiger partial charge is 0.274 e. The van der Waals surface area contributed by atoms with Gasteiger partial charge in [0.05, 0.1) is 35.3 Å². The van der Waals surface area contributed by atoms with Gasteiger partial charge in [-0.05, 0) is 39.5 Å². The van der Waals surface area contributed by atoms with Crippen LogP contribution in [0.2, 0.25) is 0 Å². The largest absolute Gasteiger partial charge is 0.470 e. The number of amides is 1. The number of aromatic nitrogens is 1. The minimum absolute atomic E-state index is 0.00289. The van der Waals surface area contributed by atoms with Crippen molar-refractivity contribution >= 4 is 29.1 Å². The van der Waals surface area contributed by atoms with Gasteiger partial charge >= 0.3 is 0 Å². The molecule has 0 aliphatic heterocycles. The fourth-order valence-corrected chi connectivity index (χ4v) is 4.58. The number of carbonyl (C=O) groups excluding carboxylic acids is 1. The third-order valence-electron chi connectivity index (χ3n) is 4.94. The highest BCUT2D eigenvalue weighted by Gasteiger charge is 2.28. The summed E-state index contributed by atoms with van der Waals surface area (Å²) < 4.78 is 32.8. The van der Waals surface area contributed by atoms with Gasteiger partial charge in [-0.2, -0.15) is 0 Å². The van der Waals surface area contributed by atoms with Crippen molar-refractivity contribution in [2.45, 2.75) is 77.2 Å². The van der Waals surface area contributed by atoms with E-state index >= 15 is 0 Å². The fraction of sp³-hybridized carbons (Fsp3) is 0.700. The molecule has 0 saturated heterocycles. The van der Waals surface area contributed by atoms with Crippen LogP contribution in [0.1, 0.15) is 52.9 Å². The van der Waals surface area contributed by atoms with Gasteiger partial charge in [0.15, 0.2) is 0 Å². The van der Waals surface area contributed by atoms with Gasteiger partial charge < -0.3 is 19.5 Å².